The van der Waals surface area contributed by atoms with Gasteiger partial charge in [-0.05, 0) is 44.4 Å². The molecule has 0 bridgehead atoms. The highest BCUT2D eigenvalue weighted by molar-refractivity contribution is 6.36. The molecule has 0 saturated heterocycles. The topological polar surface area (TPSA) is 15.6 Å². The lowest BCUT2D eigenvalue weighted by atomic mass is 9.83. The number of benzene rings is 1. The maximum Gasteiger partial charge on any atom is 0.100 e. The van der Waals surface area contributed by atoms with Crippen LogP contribution in [0.5, 0.6) is 0 Å². The van der Waals surface area contributed by atoms with Gasteiger partial charge in [-0.15, -0.1) is 0 Å². The second kappa shape index (κ2) is 6.36. The zero-order valence-electron chi connectivity index (χ0n) is 12.4. The molecule has 0 amide bonds. The van der Waals surface area contributed by atoms with Gasteiger partial charge < -0.3 is 0 Å². The Labute approximate surface area is 131 Å². The van der Waals surface area contributed by atoms with Crippen molar-refractivity contribution >= 4 is 34.6 Å². The first kappa shape index (κ1) is 15.7. The molecule has 2 nitrogen and oxygen atoms in total. The molecule has 1 heterocycles. The third-order valence-electron chi connectivity index (χ3n) is 3.95. The highest BCUT2D eigenvalue weighted by Crippen LogP contribution is 2.42. The number of hydrazone groups is 1. The molecule has 1 aromatic rings. The van der Waals surface area contributed by atoms with Gasteiger partial charge in [-0.3, -0.25) is 5.01 Å². The maximum absolute atomic E-state index is 6.32. The zero-order valence-corrected chi connectivity index (χ0v) is 13.9. The van der Waals surface area contributed by atoms with Gasteiger partial charge in [-0.1, -0.05) is 49.9 Å². The fourth-order valence-corrected chi connectivity index (χ4v) is 3.28. The molecule has 110 valence electrons. The molecule has 20 heavy (non-hydrogen) atoms. The van der Waals surface area contributed by atoms with E-state index in [1.165, 1.54) is 18.6 Å². The largest absolute Gasteiger partial charge is 0.252 e. The van der Waals surface area contributed by atoms with E-state index in [-0.39, 0.29) is 5.54 Å². The molecule has 0 unspecified atom stereocenters. The summed E-state index contributed by atoms with van der Waals surface area (Å²) in [6.45, 7) is 6.69. The van der Waals surface area contributed by atoms with E-state index in [9.17, 15) is 0 Å². The molecule has 0 saturated carbocycles. The van der Waals surface area contributed by atoms with E-state index in [1.54, 1.807) is 6.07 Å². The summed E-state index contributed by atoms with van der Waals surface area (Å²) < 4.78 is 0. The zero-order chi connectivity index (χ0) is 14.8. The van der Waals surface area contributed by atoms with Crippen molar-refractivity contribution in [3.8, 4) is 0 Å². The molecule has 0 spiro atoms. The van der Waals surface area contributed by atoms with E-state index in [4.69, 9.17) is 28.3 Å². The molecule has 2 rings (SSSR count). The van der Waals surface area contributed by atoms with Crippen molar-refractivity contribution in [3.05, 3.63) is 28.2 Å². The normalized spacial score (nSPS) is 21.6. The summed E-state index contributed by atoms with van der Waals surface area (Å²) in [4.78, 5) is 0. The van der Waals surface area contributed by atoms with Crippen LogP contribution in [0.3, 0.4) is 0 Å². The molecule has 1 aliphatic rings. The Morgan fingerprint density at radius 2 is 1.95 bits per heavy atom. The summed E-state index contributed by atoms with van der Waals surface area (Å²) in [5, 5.41) is 8.11. The number of halogens is 2. The molecule has 1 aromatic carbocycles. The Kier molecular flexibility index (Phi) is 4.98. The number of nitrogens with zero attached hydrogens (tertiary/aromatic N) is 2. The molecule has 0 N–H and O–H groups in total. The number of hydrogen-bond acceptors (Lipinski definition) is 2. The minimum atomic E-state index is 0.00138. The van der Waals surface area contributed by atoms with E-state index < -0.39 is 0 Å². The van der Waals surface area contributed by atoms with Gasteiger partial charge in [0.25, 0.3) is 0 Å². The minimum Gasteiger partial charge on any atom is -0.252 e. The second-order valence-corrected chi connectivity index (χ2v) is 6.43. The summed E-state index contributed by atoms with van der Waals surface area (Å²) in [5.74, 6) is 0. The standard InChI is InChI=1S/C16H22Cl2N2/c1-4-6-7-15-16(3,10-5-2)20(19-15)14-9-8-12(17)11-13(14)18/h8-9,11H,4-7,10H2,1-3H3/t16-/m0/s1. The Bertz CT molecular complexity index is 513. The highest BCUT2D eigenvalue weighted by Gasteiger charge is 2.44. The first-order chi connectivity index (χ1) is 9.52. The quantitative estimate of drug-likeness (QED) is 0.636. The Morgan fingerprint density at radius 1 is 1.20 bits per heavy atom. The predicted octanol–water partition coefficient (Wildman–Crippen LogP) is 5.92. The van der Waals surface area contributed by atoms with Gasteiger partial charge in [0.2, 0.25) is 0 Å². The first-order valence-corrected chi connectivity index (χ1v) is 8.11. The van der Waals surface area contributed by atoms with Crippen molar-refractivity contribution in [2.24, 2.45) is 5.10 Å². The van der Waals surface area contributed by atoms with Crippen LogP contribution in [0.2, 0.25) is 10.0 Å². The van der Waals surface area contributed by atoms with Crippen molar-refractivity contribution in [3.63, 3.8) is 0 Å². The number of hydrogen-bond donors (Lipinski definition) is 0. The van der Waals surface area contributed by atoms with Gasteiger partial charge in [0.05, 0.1) is 16.4 Å². The van der Waals surface area contributed by atoms with Crippen LogP contribution in [0, 0.1) is 0 Å². The molecule has 0 radical (unpaired) electrons. The Hall–Kier alpha value is -0.730. The van der Waals surface area contributed by atoms with Crippen molar-refractivity contribution in [1.29, 1.82) is 0 Å². The van der Waals surface area contributed by atoms with Gasteiger partial charge in [-0.25, -0.2) is 0 Å². The lowest BCUT2D eigenvalue weighted by molar-refractivity contribution is 0.452. The Morgan fingerprint density at radius 3 is 2.55 bits per heavy atom. The average Bonchev–Trinajstić information content (AvgIpc) is 2.40. The molecule has 4 heteroatoms. The van der Waals surface area contributed by atoms with E-state index in [0.717, 1.165) is 24.9 Å². The lowest BCUT2D eigenvalue weighted by Crippen LogP contribution is -2.58. The molecule has 1 atom stereocenters. The SMILES string of the molecule is CCCCC1=NN(c2ccc(Cl)cc2Cl)[C@@]1(C)CCC. The summed E-state index contributed by atoms with van der Waals surface area (Å²) in [7, 11) is 0. The van der Waals surface area contributed by atoms with Gasteiger partial charge >= 0.3 is 0 Å². The number of unbranched alkanes of at least 4 members (excludes halogenated alkanes) is 1. The molecule has 0 fully saturated rings. The van der Waals surface area contributed by atoms with E-state index in [2.05, 4.69) is 25.8 Å². The second-order valence-electron chi connectivity index (χ2n) is 5.58. The fraction of sp³-hybridized carbons (Fsp3) is 0.562. The predicted molar refractivity (Wildman–Crippen MR) is 89.2 cm³/mol. The molecular weight excluding hydrogens is 291 g/mol. The molecule has 0 aliphatic carbocycles. The van der Waals surface area contributed by atoms with Crippen LogP contribution in [0.15, 0.2) is 23.3 Å². The van der Waals surface area contributed by atoms with E-state index in [0.29, 0.717) is 10.0 Å². The van der Waals surface area contributed by atoms with Crippen molar-refractivity contribution in [1.82, 2.24) is 0 Å². The van der Waals surface area contributed by atoms with Crippen molar-refractivity contribution in [2.45, 2.75) is 58.4 Å². The van der Waals surface area contributed by atoms with Crippen LogP contribution in [0.4, 0.5) is 5.69 Å². The molecule has 1 aliphatic heterocycles. The summed E-state index contributed by atoms with van der Waals surface area (Å²) in [6, 6.07) is 5.61. The fourth-order valence-electron chi connectivity index (χ4n) is 2.79. The van der Waals surface area contributed by atoms with Crippen LogP contribution >= 0.6 is 23.2 Å². The van der Waals surface area contributed by atoms with Crippen LogP contribution in [-0.4, -0.2) is 11.3 Å². The van der Waals surface area contributed by atoms with Crippen LogP contribution in [0.1, 0.15) is 52.9 Å². The summed E-state index contributed by atoms with van der Waals surface area (Å²) in [5.41, 5.74) is 2.25. The van der Waals surface area contributed by atoms with E-state index >= 15 is 0 Å². The van der Waals surface area contributed by atoms with E-state index in [1.807, 2.05) is 12.1 Å². The van der Waals surface area contributed by atoms with Crippen molar-refractivity contribution < 1.29 is 0 Å². The average molecular weight is 313 g/mol. The highest BCUT2D eigenvalue weighted by atomic mass is 35.5. The smallest absolute Gasteiger partial charge is 0.100 e. The number of rotatable bonds is 6. The van der Waals surface area contributed by atoms with Gasteiger partial charge in [0.15, 0.2) is 0 Å². The van der Waals surface area contributed by atoms with Crippen molar-refractivity contribution in [2.75, 3.05) is 5.01 Å². The van der Waals surface area contributed by atoms with Crippen LogP contribution in [-0.2, 0) is 0 Å². The lowest BCUT2D eigenvalue weighted by Gasteiger charge is -2.48. The van der Waals surface area contributed by atoms with Crippen LogP contribution in [0.25, 0.3) is 0 Å². The van der Waals surface area contributed by atoms with Gasteiger partial charge in [-0.2, -0.15) is 5.10 Å². The van der Waals surface area contributed by atoms with Crippen LogP contribution < -0.4 is 5.01 Å². The summed E-state index contributed by atoms with van der Waals surface area (Å²) in [6.07, 6.45) is 5.69. The Balaban J connectivity index is 2.29. The monoisotopic (exact) mass is 312 g/mol. The third kappa shape index (κ3) is 2.82. The van der Waals surface area contributed by atoms with Gasteiger partial charge in [0, 0.05) is 5.02 Å². The molecule has 0 aromatic heterocycles. The number of anilines is 1. The minimum absolute atomic E-state index is 0.00138. The molecular formula is C16H22Cl2N2. The third-order valence-corrected chi connectivity index (χ3v) is 4.49. The first-order valence-electron chi connectivity index (χ1n) is 7.36. The van der Waals surface area contributed by atoms with Gasteiger partial charge in [0.1, 0.15) is 5.54 Å². The maximum atomic E-state index is 6.32. The summed E-state index contributed by atoms with van der Waals surface area (Å²) >= 11 is 12.3.